The summed E-state index contributed by atoms with van der Waals surface area (Å²) in [6.45, 7) is 0. The van der Waals surface area contributed by atoms with Crippen LogP contribution in [0.25, 0.3) is 0 Å². The van der Waals surface area contributed by atoms with Crippen LogP contribution < -0.4 is 16.0 Å². The smallest absolute Gasteiger partial charge is 0.358 e. The van der Waals surface area contributed by atoms with Crippen molar-refractivity contribution >= 4 is 38.9 Å². The Bertz CT molecular complexity index is 1430. The minimum atomic E-state index is -4.34. The zero-order chi connectivity index (χ0) is 24.8. The van der Waals surface area contributed by atoms with Crippen LogP contribution in [0.4, 0.5) is 21.9 Å². The van der Waals surface area contributed by atoms with E-state index in [9.17, 15) is 18.0 Å². The van der Waals surface area contributed by atoms with Crippen LogP contribution in [0.2, 0.25) is 0 Å². The number of nitrogens with one attached hydrogen (secondary N) is 4. The van der Waals surface area contributed by atoms with E-state index in [0.29, 0.717) is 11.3 Å². The van der Waals surface area contributed by atoms with Gasteiger partial charge in [0.15, 0.2) is 5.78 Å². The third-order valence-corrected chi connectivity index (χ3v) is 6.53. The summed E-state index contributed by atoms with van der Waals surface area (Å²) in [7, 11) is -4.34. The summed E-state index contributed by atoms with van der Waals surface area (Å²) in [5.74, 6) is -0.265. The van der Waals surface area contributed by atoms with E-state index in [4.69, 9.17) is 5.53 Å². The van der Waals surface area contributed by atoms with Gasteiger partial charge >= 0.3 is 6.03 Å². The second-order valence-corrected chi connectivity index (χ2v) is 9.05. The van der Waals surface area contributed by atoms with Gasteiger partial charge in [-0.3, -0.25) is 4.79 Å². The number of carbonyl (C=O) groups excluding carboxylic acids is 2. The zero-order valence-corrected chi connectivity index (χ0v) is 19.0. The van der Waals surface area contributed by atoms with Gasteiger partial charge in [-0.15, -0.1) is 0 Å². The minimum absolute atomic E-state index is 0.0568. The normalized spacial score (nSPS) is 12.5. The average molecular weight is 489 g/mol. The quantitative estimate of drug-likeness (QED) is 0.160. The molecule has 0 aliphatic carbocycles. The Kier molecular flexibility index (Phi) is 6.69. The first-order chi connectivity index (χ1) is 16.9. The summed E-state index contributed by atoms with van der Waals surface area (Å²) in [5, 5.41) is 11.6. The Morgan fingerprint density at radius 1 is 0.914 bits per heavy atom. The summed E-state index contributed by atoms with van der Waals surface area (Å²) >= 11 is 0. The molecule has 0 atom stereocenters. The third-order valence-electron chi connectivity index (χ3n) is 4.96. The van der Waals surface area contributed by atoms with Crippen molar-refractivity contribution in [3.05, 3.63) is 108 Å². The fourth-order valence-corrected chi connectivity index (χ4v) is 4.28. The number of sulfonamides is 1. The van der Waals surface area contributed by atoms with Crippen LogP contribution in [-0.4, -0.2) is 24.6 Å². The van der Waals surface area contributed by atoms with Gasteiger partial charge in [0.2, 0.25) is 0 Å². The largest absolute Gasteiger partial charge is 0.358 e. The molecule has 0 bridgehead atoms. The summed E-state index contributed by atoms with van der Waals surface area (Å²) < 4.78 is 25.2. The van der Waals surface area contributed by atoms with Crippen LogP contribution in [0, 0.1) is 5.53 Å². The van der Waals surface area contributed by atoms with Crippen molar-refractivity contribution in [2.75, 3.05) is 16.0 Å². The maximum Gasteiger partial charge on any atom is 0.358 e. The monoisotopic (exact) mass is 488 g/mol. The van der Waals surface area contributed by atoms with Crippen LogP contribution in [0.3, 0.4) is 0 Å². The zero-order valence-electron chi connectivity index (χ0n) is 18.2. The molecule has 3 aromatic rings. The highest BCUT2D eigenvalue weighted by Crippen LogP contribution is 2.26. The van der Waals surface area contributed by atoms with Crippen LogP contribution >= 0.6 is 0 Å². The number of rotatable bonds is 7. The van der Waals surface area contributed by atoms with Crippen molar-refractivity contribution in [2.45, 2.75) is 4.90 Å². The van der Waals surface area contributed by atoms with E-state index in [-0.39, 0.29) is 20.8 Å². The van der Waals surface area contributed by atoms with Crippen LogP contribution in [0.1, 0.15) is 10.4 Å². The van der Waals surface area contributed by atoms with Crippen LogP contribution in [0.5, 0.6) is 0 Å². The molecule has 1 aliphatic heterocycles. The van der Waals surface area contributed by atoms with Gasteiger partial charge < -0.3 is 16.0 Å². The number of hydrogen-bond acceptors (Lipinski definition) is 8. The minimum Gasteiger partial charge on any atom is -0.358 e. The number of carbonyl (C=O) groups is 2. The van der Waals surface area contributed by atoms with Gasteiger partial charge in [-0.2, -0.15) is 13.9 Å². The Morgan fingerprint density at radius 3 is 2.26 bits per heavy atom. The molecule has 4 N–H and O–H groups in total. The van der Waals surface area contributed by atoms with Crippen molar-refractivity contribution in [1.82, 2.24) is 4.41 Å². The lowest BCUT2D eigenvalue weighted by Crippen LogP contribution is -2.35. The first kappa shape index (κ1) is 23.4. The molecule has 3 aromatic carbocycles. The summed E-state index contributed by atoms with van der Waals surface area (Å²) in [6, 6.07) is 19.6. The second-order valence-electron chi connectivity index (χ2n) is 7.28. The summed E-state index contributed by atoms with van der Waals surface area (Å²) in [5.41, 5.74) is 10.3. The number of fused-ring (bicyclic) bond motifs is 1. The standard InChI is InChI=1S/C24H20N6O4S/c25-29-30(35(33,34)20-6-2-1-3-7-20)24(32)28-18-12-10-17(11-13-18)23(31)15-14-19-16-26-21-8-4-5-9-22(21)27-19/h1-16,25-27H,(H,28,32). The lowest BCUT2D eigenvalue weighted by atomic mass is 10.1. The molecule has 0 radical (unpaired) electrons. The van der Waals surface area contributed by atoms with E-state index in [1.165, 1.54) is 54.6 Å². The molecule has 2 amide bonds. The fourth-order valence-electron chi connectivity index (χ4n) is 3.21. The number of para-hydroxylation sites is 2. The van der Waals surface area contributed by atoms with E-state index >= 15 is 0 Å². The van der Waals surface area contributed by atoms with Crippen molar-refractivity contribution in [2.24, 2.45) is 5.22 Å². The molecular formula is C24H20N6O4S. The number of amides is 2. The first-order valence-corrected chi connectivity index (χ1v) is 11.8. The van der Waals surface area contributed by atoms with Crippen LogP contribution in [0.15, 0.2) is 113 Å². The van der Waals surface area contributed by atoms with Gasteiger partial charge in [0.25, 0.3) is 10.0 Å². The molecule has 0 spiro atoms. The summed E-state index contributed by atoms with van der Waals surface area (Å²) in [4.78, 5) is 24.8. The Morgan fingerprint density at radius 2 is 1.57 bits per heavy atom. The molecule has 10 nitrogen and oxygen atoms in total. The average Bonchev–Trinajstić information content (AvgIpc) is 2.88. The number of benzene rings is 3. The van der Waals surface area contributed by atoms with Gasteiger partial charge in [0, 0.05) is 17.5 Å². The Hall–Kier alpha value is -4.77. The van der Waals surface area contributed by atoms with Gasteiger partial charge in [0.05, 0.1) is 22.0 Å². The van der Waals surface area contributed by atoms with E-state index in [1.807, 2.05) is 24.3 Å². The number of hydrogen-bond donors (Lipinski definition) is 4. The van der Waals surface area contributed by atoms with Gasteiger partial charge in [0.1, 0.15) is 0 Å². The maximum atomic E-state index is 12.6. The number of nitrogens with zero attached hydrogens (tertiary/aromatic N) is 2. The number of allylic oxidation sites excluding steroid dienone is 2. The van der Waals surface area contributed by atoms with Crippen LogP contribution in [-0.2, 0) is 10.0 Å². The number of ketones is 1. The molecule has 176 valence electrons. The highest BCUT2D eigenvalue weighted by Gasteiger charge is 2.29. The second kappa shape index (κ2) is 10.0. The van der Waals surface area contributed by atoms with Gasteiger partial charge in [-0.05, 0) is 60.7 Å². The molecule has 0 unspecified atom stereocenters. The van der Waals surface area contributed by atoms with Crippen molar-refractivity contribution < 1.29 is 18.0 Å². The number of urea groups is 1. The van der Waals surface area contributed by atoms with E-state index in [1.54, 1.807) is 18.3 Å². The highest BCUT2D eigenvalue weighted by atomic mass is 32.2. The van der Waals surface area contributed by atoms with E-state index < -0.39 is 16.1 Å². The predicted octanol–water partition coefficient (Wildman–Crippen LogP) is 4.97. The molecule has 0 fully saturated rings. The molecule has 1 heterocycles. The third kappa shape index (κ3) is 5.25. The lowest BCUT2D eigenvalue weighted by molar-refractivity contribution is 0.104. The van der Waals surface area contributed by atoms with Crippen molar-refractivity contribution in [3.8, 4) is 0 Å². The Balaban J connectivity index is 1.40. The van der Waals surface area contributed by atoms with Gasteiger partial charge in [-0.1, -0.05) is 40.0 Å². The van der Waals surface area contributed by atoms with Gasteiger partial charge in [-0.25, -0.2) is 4.79 Å². The fraction of sp³-hybridized carbons (Fsp3) is 0. The molecule has 35 heavy (non-hydrogen) atoms. The topological polar surface area (TPSA) is 144 Å². The lowest BCUT2D eigenvalue weighted by Gasteiger charge is -2.18. The molecule has 11 heteroatoms. The predicted molar refractivity (Wildman–Crippen MR) is 131 cm³/mol. The van der Waals surface area contributed by atoms with E-state index in [0.717, 1.165) is 11.4 Å². The molecule has 0 aromatic heterocycles. The summed E-state index contributed by atoms with van der Waals surface area (Å²) in [6.07, 6.45) is 4.80. The van der Waals surface area contributed by atoms with Crippen molar-refractivity contribution in [3.63, 3.8) is 0 Å². The van der Waals surface area contributed by atoms with Crippen molar-refractivity contribution in [1.29, 1.82) is 5.53 Å². The molecular weight excluding hydrogens is 468 g/mol. The Labute approximate surface area is 201 Å². The molecule has 0 saturated heterocycles. The number of anilines is 3. The van der Waals surface area contributed by atoms with E-state index in [2.05, 4.69) is 21.2 Å². The SMILES string of the molecule is N=NN(C(=O)Nc1ccc(C(=O)C=CC2=CNc3ccccc3N2)cc1)S(=O)(=O)c1ccccc1. The first-order valence-electron chi connectivity index (χ1n) is 10.3. The molecule has 4 rings (SSSR count). The maximum absolute atomic E-state index is 12.6. The molecule has 1 aliphatic rings. The molecule has 0 saturated carbocycles. The highest BCUT2D eigenvalue weighted by molar-refractivity contribution is 7.89.